The van der Waals surface area contributed by atoms with Crippen LogP contribution < -0.4 is 0 Å². The first-order valence-corrected chi connectivity index (χ1v) is 5.65. The summed E-state index contributed by atoms with van der Waals surface area (Å²) in [6, 6.07) is 0. The molecule has 90 valence electrons. The normalized spacial score (nSPS) is 25.4. The van der Waals surface area contributed by atoms with Gasteiger partial charge in [-0.1, -0.05) is 12.2 Å². The van der Waals surface area contributed by atoms with Crippen LogP contribution in [0.1, 0.15) is 32.1 Å². The average Bonchev–Trinajstić information content (AvgIpc) is 2.55. The quantitative estimate of drug-likeness (QED) is 0.671. The Kier molecular flexibility index (Phi) is 5.19. The molecule has 0 bridgehead atoms. The molecule has 1 rings (SSSR count). The van der Waals surface area contributed by atoms with E-state index in [1.54, 1.807) is 0 Å². The fourth-order valence-electron chi connectivity index (χ4n) is 2.20. The minimum absolute atomic E-state index is 0.0104. The summed E-state index contributed by atoms with van der Waals surface area (Å²) in [6.07, 6.45) is 6.20. The van der Waals surface area contributed by atoms with Gasteiger partial charge in [0, 0.05) is 25.4 Å². The maximum Gasteiger partial charge on any atom is 0.303 e. The fraction of sp³-hybridized carbons (Fsp3) is 0.667. The molecule has 0 amide bonds. The van der Waals surface area contributed by atoms with Crippen molar-refractivity contribution in [2.24, 2.45) is 11.8 Å². The predicted molar refractivity (Wildman–Crippen MR) is 58.9 cm³/mol. The lowest BCUT2D eigenvalue weighted by molar-refractivity contribution is -0.138. The molecule has 0 aromatic carbocycles. The van der Waals surface area contributed by atoms with Crippen molar-refractivity contribution < 1.29 is 19.8 Å². The van der Waals surface area contributed by atoms with E-state index in [1.165, 1.54) is 0 Å². The largest absolute Gasteiger partial charge is 0.481 e. The zero-order chi connectivity index (χ0) is 12.0. The summed E-state index contributed by atoms with van der Waals surface area (Å²) in [4.78, 5) is 22.2. The van der Waals surface area contributed by atoms with E-state index in [0.29, 0.717) is 25.7 Å². The van der Waals surface area contributed by atoms with E-state index in [1.807, 2.05) is 12.2 Å². The highest BCUT2D eigenvalue weighted by Gasteiger charge is 2.34. The van der Waals surface area contributed by atoms with Crippen LogP contribution in [0, 0.1) is 11.8 Å². The van der Waals surface area contributed by atoms with E-state index in [2.05, 4.69) is 0 Å². The highest BCUT2D eigenvalue weighted by Crippen LogP contribution is 2.33. The molecule has 0 aliphatic heterocycles. The number of allylic oxidation sites excluding steroid dienone is 1. The van der Waals surface area contributed by atoms with Crippen LogP contribution in [0.2, 0.25) is 0 Å². The maximum atomic E-state index is 11.6. The predicted octanol–water partition coefficient (Wildman–Crippen LogP) is 1.39. The van der Waals surface area contributed by atoms with E-state index in [4.69, 9.17) is 10.2 Å². The van der Waals surface area contributed by atoms with Crippen LogP contribution in [0.5, 0.6) is 0 Å². The lowest BCUT2D eigenvalue weighted by Crippen LogP contribution is -2.17. The standard InChI is InChI=1S/C12H18O4/c13-7-3-1-2-4-10-9(8-12(15)16)5-6-11(10)14/h1-2,9-10,13H,3-8H2,(H,15,16)/b2-1-/t9-,10+/m0/s1. The number of rotatable bonds is 6. The number of hydrogen-bond acceptors (Lipinski definition) is 3. The van der Waals surface area contributed by atoms with Crippen molar-refractivity contribution in [3.05, 3.63) is 12.2 Å². The summed E-state index contributed by atoms with van der Waals surface area (Å²) in [5.41, 5.74) is 0. The molecule has 16 heavy (non-hydrogen) atoms. The monoisotopic (exact) mass is 226 g/mol. The van der Waals surface area contributed by atoms with Gasteiger partial charge in [0.2, 0.25) is 0 Å². The van der Waals surface area contributed by atoms with Crippen molar-refractivity contribution in [1.82, 2.24) is 0 Å². The number of Topliss-reactive ketones (excluding diaryl/α,β-unsaturated/α-hetero) is 1. The summed E-state index contributed by atoms with van der Waals surface area (Å²) in [5.74, 6) is -0.793. The molecule has 0 heterocycles. The van der Waals surface area contributed by atoms with Crippen molar-refractivity contribution >= 4 is 11.8 Å². The van der Waals surface area contributed by atoms with Crippen molar-refractivity contribution in [3.63, 3.8) is 0 Å². The number of aliphatic hydroxyl groups excluding tert-OH is 1. The van der Waals surface area contributed by atoms with Crippen molar-refractivity contribution in [2.75, 3.05) is 6.61 Å². The molecule has 1 fully saturated rings. The van der Waals surface area contributed by atoms with Gasteiger partial charge in [0.15, 0.2) is 0 Å². The van der Waals surface area contributed by atoms with Gasteiger partial charge in [-0.3, -0.25) is 9.59 Å². The van der Waals surface area contributed by atoms with Crippen LogP contribution in [0.4, 0.5) is 0 Å². The maximum absolute atomic E-state index is 11.6. The average molecular weight is 226 g/mol. The summed E-state index contributed by atoms with van der Waals surface area (Å²) in [5, 5.41) is 17.3. The smallest absolute Gasteiger partial charge is 0.303 e. The number of carbonyl (C=O) groups excluding carboxylic acids is 1. The van der Waals surface area contributed by atoms with Gasteiger partial charge in [-0.15, -0.1) is 0 Å². The number of carbonyl (C=O) groups is 2. The second-order valence-corrected chi connectivity index (χ2v) is 4.19. The molecular formula is C12H18O4. The molecule has 0 aromatic rings. The van der Waals surface area contributed by atoms with Gasteiger partial charge < -0.3 is 10.2 Å². The molecule has 0 radical (unpaired) electrons. The third kappa shape index (κ3) is 3.77. The summed E-state index contributed by atoms with van der Waals surface area (Å²) < 4.78 is 0. The Balaban J connectivity index is 2.46. The SMILES string of the molecule is O=C(O)C[C@@H]1CCC(=O)[C@@H]1C/C=C\CCO. The van der Waals surface area contributed by atoms with E-state index >= 15 is 0 Å². The van der Waals surface area contributed by atoms with Gasteiger partial charge >= 0.3 is 5.97 Å². The highest BCUT2D eigenvalue weighted by atomic mass is 16.4. The Bertz CT molecular complexity index is 283. The molecule has 4 nitrogen and oxygen atoms in total. The van der Waals surface area contributed by atoms with Crippen molar-refractivity contribution in [3.8, 4) is 0 Å². The number of carboxylic acid groups (broad SMARTS) is 1. The van der Waals surface area contributed by atoms with Gasteiger partial charge in [0.25, 0.3) is 0 Å². The lowest BCUT2D eigenvalue weighted by atomic mass is 9.89. The molecular weight excluding hydrogens is 208 g/mol. The molecule has 4 heteroatoms. The fourth-order valence-corrected chi connectivity index (χ4v) is 2.20. The lowest BCUT2D eigenvalue weighted by Gasteiger charge is -2.14. The van der Waals surface area contributed by atoms with Crippen molar-refractivity contribution in [2.45, 2.75) is 32.1 Å². The Morgan fingerprint density at radius 3 is 2.81 bits per heavy atom. The molecule has 2 atom stereocenters. The van der Waals surface area contributed by atoms with Gasteiger partial charge in [0.05, 0.1) is 0 Å². The zero-order valence-corrected chi connectivity index (χ0v) is 9.26. The van der Waals surface area contributed by atoms with Crippen LogP contribution in [0.15, 0.2) is 12.2 Å². The van der Waals surface area contributed by atoms with Crippen LogP contribution in [-0.2, 0) is 9.59 Å². The first-order valence-electron chi connectivity index (χ1n) is 5.65. The van der Waals surface area contributed by atoms with Crippen LogP contribution in [-0.4, -0.2) is 28.6 Å². The van der Waals surface area contributed by atoms with Gasteiger partial charge in [-0.05, 0) is 25.2 Å². The van der Waals surface area contributed by atoms with Crippen molar-refractivity contribution in [1.29, 1.82) is 0 Å². The highest BCUT2D eigenvalue weighted by molar-refractivity contribution is 5.84. The van der Waals surface area contributed by atoms with Gasteiger partial charge in [-0.2, -0.15) is 0 Å². The van der Waals surface area contributed by atoms with E-state index in [0.717, 1.165) is 0 Å². The number of hydrogen-bond donors (Lipinski definition) is 2. The molecule has 1 aliphatic rings. The number of aliphatic hydroxyl groups is 1. The zero-order valence-electron chi connectivity index (χ0n) is 9.26. The van der Waals surface area contributed by atoms with E-state index < -0.39 is 5.97 Å². The van der Waals surface area contributed by atoms with Crippen LogP contribution >= 0.6 is 0 Å². The first kappa shape index (κ1) is 12.9. The third-order valence-electron chi connectivity index (χ3n) is 3.03. The molecule has 0 saturated heterocycles. The second kappa shape index (κ2) is 6.43. The number of ketones is 1. The number of carboxylic acids is 1. The molecule has 0 aromatic heterocycles. The topological polar surface area (TPSA) is 74.6 Å². The molecule has 0 unspecified atom stereocenters. The Morgan fingerprint density at radius 2 is 2.19 bits per heavy atom. The Hall–Kier alpha value is -1.16. The Morgan fingerprint density at radius 1 is 1.44 bits per heavy atom. The van der Waals surface area contributed by atoms with Gasteiger partial charge in [-0.25, -0.2) is 0 Å². The first-order chi connectivity index (χ1) is 7.65. The molecule has 1 saturated carbocycles. The summed E-state index contributed by atoms with van der Waals surface area (Å²) in [6.45, 7) is 0.105. The summed E-state index contributed by atoms with van der Waals surface area (Å²) >= 11 is 0. The number of aliphatic carboxylic acids is 1. The molecule has 2 N–H and O–H groups in total. The summed E-state index contributed by atoms with van der Waals surface area (Å²) in [7, 11) is 0. The van der Waals surface area contributed by atoms with E-state index in [9.17, 15) is 9.59 Å². The van der Waals surface area contributed by atoms with E-state index in [-0.39, 0.29) is 30.6 Å². The minimum Gasteiger partial charge on any atom is -0.481 e. The molecule has 0 spiro atoms. The Labute approximate surface area is 95.0 Å². The van der Waals surface area contributed by atoms with Gasteiger partial charge in [0.1, 0.15) is 5.78 Å². The van der Waals surface area contributed by atoms with Crippen LogP contribution in [0.25, 0.3) is 0 Å². The minimum atomic E-state index is -0.830. The third-order valence-corrected chi connectivity index (χ3v) is 3.03. The van der Waals surface area contributed by atoms with Crippen LogP contribution in [0.3, 0.4) is 0 Å². The second-order valence-electron chi connectivity index (χ2n) is 4.19. The molecule has 1 aliphatic carbocycles.